The van der Waals surface area contributed by atoms with Gasteiger partial charge in [-0.25, -0.2) is 4.98 Å². The lowest BCUT2D eigenvalue weighted by Gasteiger charge is -2.13. The van der Waals surface area contributed by atoms with Crippen molar-refractivity contribution in [2.45, 2.75) is 13.3 Å². The zero-order chi connectivity index (χ0) is 13.9. The maximum absolute atomic E-state index is 7.47. The number of rotatable bonds is 3. The zero-order valence-electron chi connectivity index (χ0n) is 11.4. The highest BCUT2D eigenvalue weighted by Crippen LogP contribution is 2.32. The summed E-state index contributed by atoms with van der Waals surface area (Å²) in [6.07, 6.45) is 6.60. The zero-order valence-corrected chi connectivity index (χ0v) is 12.3. The van der Waals surface area contributed by atoms with Crippen molar-refractivity contribution in [1.82, 2.24) is 10.3 Å². The Hall–Kier alpha value is -1.78. The number of hydrogen-bond acceptors (Lipinski definition) is 4. The summed E-state index contributed by atoms with van der Waals surface area (Å²) in [5, 5.41) is 13.0. The maximum atomic E-state index is 7.47. The molecule has 4 heteroatoms. The van der Waals surface area contributed by atoms with Crippen molar-refractivity contribution in [2.24, 2.45) is 0 Å². The number of pyridine rings is 1. The third-order valence-corrected chi connectivity index (χ3v) is 4.53. The van der Waals surface area contributed by atoms with E-state index in [0.717, 1.165) is 36.3 Å². The largest absolute Gasteiger partial charge is 0.313 e. The average Bonchev–Trinajstić information content (AvgIpc) is 2.93. The van der Waals surface area contributed by atoms with Crippen LogP contribution in [0.2, 0.25) is 0 Å². The quantitative estimate of drug-likeness (QED) is 0.843. The van der Waals surface area contributed by atoms with Gasteiger partial charge in [0.2, 0.25) is 0 Å². The topological polar surface area (TPSA) is 48.8 Å². The first-order chi connectivity index (χ1) is 9.83. The Kier molecular flexibility index (Phi) is 3.76. The van der Waals surface area contributed by atoms with Gasteiger partial charge in [-0.1, -0.05) is 12.2 Å². The minimum absolute atomic E-state index is 0.864. The molecule has 0 fully saturated rings. The predicted molar refractivity (Wildman–Crippen MR) is 87.5 cm³/mol. The van der Waals surface area contributed by atoms with Crippen LogP contribution in [0.25, 0.3) is 21.4 Å². The van der Waals surface area contributed by atoms with Crippen molar-refractivity contribution in [3.05, 3.63) is 40.9 Å². The second-order valence-electron chi connectivity index (χ2n) is 4.76. The van der Waals surface area contributed by atoms with E-state index in [0.29, 0.717) is 0 Å². The summed E-state index contributed by atoms with van der Waals surface area (Å²) < 4.78 is 1.21. The third-order valence-electron chi connectivity index (χ3n) is 3.59. The number of nitrogens with one attached hydrogen (secondary N) is 2. The van der Waals surface area contributed by atoms with E-state index in [1.807, 2.05) is 19.1 Å². The lowest BCUT2D eigenvalue weighted by Crippen LogP contribution is -2.19. The molecule has 2 aromatic heterocycles. The van der Waals surface area contributed by atoms with E-state index in [4.69, 9.17) is 10.4 Å². The van der Waals surface area contributed by atoms with Crippen LogP contribution in [0.5, 0.6) is 0 Å². The molecule has 1 aliphatic heterocycles. The fraction of sp³-hybridized carbons (Fsp3) is 0.250. The highest BCUT2D eigenvalue weighted by atomic mass is 32.1. The van der Waals surface area contributed by atoms with Crippen molar-refractivity contribution >= 4 is 38.9 Å². The molecule has 0 radical (unpaired) electrons. The standard InChI is InChI=1S/C16H17N3S/c1-2-11(9-17)14-3-4-15-16(19-14)13(10-20-15)12-5-7-18-8-6-12/h2-5,9-10,17-18H,6-8H2,1H3/b11-2+,17-9?. The first-order valence-electron chi connectivity index (χ1n) is 6.79. The van der Waals surface area contributed by atoms with Gasteiger partial charge in [-0.15, -0.1) is 11.3 Å². The summed E-state index contributed by atoms with van der Waals surface area (Å²) >= 11 is 1.74. The molecule has 0 saturated carbocycles. The van der Waals surface area contributed by atoms with E-state index in [-0.39, 0.29) is 0 Å². The second-order valence-corrected chi connectivity index (χ2v) is 5.68. The Balaban J connectivity index is 2.12. The smallest absolute Gasteiger partial charge is 0.0892 e. The Morgan fingerprint density at radius 2 is 2.35 bits per heavy atom. The number of fused-ring (bicyclic) bond motifs is 1. The fourth-order valence-corrected chi connectivity index (χ4v) is 3.40. The molecule has 2 aromatic rings. The van der Waals surface area contributed by atoms with Crippen LogP contribution in [0, 0.1) is 5.41 Å². The molecular formula is C16H17N3S. The van der Waals surface area contributed by atoms with Gasteiger partial charge >= 0.3 is 0 Å². The van der Waals surface area contributed by atoms with Crippen molar-refractivity contribution in [2.75, 3.05) is 13.1 Å². The van der Waals surface area contributed by atoms with Gasteiger partial charge in [0.15, 0.2) is 0 Å². The summed E-state index contributed by atoms with van der Waals surface area (Å²) in [6.45, 7) is 3.91. The molecule has 20 heavy (non-hydrogen) atoms. The second kappa shape index (κ2) is 5.69. The lowest BCUT2D eigenvalue weighted by molar-refractivity contribution is 0.739. The van der Waals surface area contributed by atoms with Crippen molar-refractivity contribution in [3.8, 4) is 0 Å². The van der Waals surface area contributed by atoms with E-state index in [9.17, 15) is 0 Å². The molecule has 0 aliphatic carbocycles. The normalized spacial score (nSPS) is 16.2. The molecule has 0 atom stereocenters. The van der Waals surface area contributed by atoms with E-state index < -0.39 is 0 Å². The molecule has 0 bridgehead atoms. The number of nitrogens with zero attached hydrogens (tertiary/aromatic N) is 1. The number of hydrogen-bond donors (Lipinski definition) is 2. The molecule has 3 heterocycles. The summed E-state index contributed by atoms with van der Waals surface area (Å²) in [5.74, 6) is 0. The van der Waals surface area contributed by atoms with Gasteiger partial charge in [0, 0.05) is 29.3 Å². The number of thiophene rings is 1. The van der Waals surface area contributed by atoms with E-state index >= 15 is 0 Å². The van der Waals surface area contributed by atoms with Crippen LogP contribution in [0.3, 0.4) is 0 Å². The van der Waals surface area contributed by atoms with E-state index in [2.05, 4.69) is 22.8 Å². The first kappa shape index (κ1) is 13.2. The maximum Gasteiger partial charge on any atom is 0.0892 e. The highest BCUT2D eigenvalue weighted by molar-refractivity contribution is 7.17. The van der Waals surface area contributed by atoms with Gasteiger partial charge in [-0.3, -0.25) is 0 Å². The van der Waals surface area contributed by atoms with Crippen LogP contribution in [0.4, 0.5) is 0 Å². The van der Waals surface area contributed by atoms with Crippen LogP contribution in [0.1, 0.15) is 24.6 Å². The van der Waals surface area contributed by atoms with Crippen LogP contribution >= 0.6 is 11.3 Å². The molecule has 102 valence electrons. The molecule has 0 aromatic carbocycles. The fourth-order valence-electron chi connectivity index (χ4n) is 2.47. The average molecular weight is 283 g/mol. The van der Waals surface area contributed by atoms with E-state index in [1.54, 1.807) is 11.3 Å². The molecule has 3 rings (SSSR count). The Morgan fingerprint density at radius 3 is 3.05 bits per heavy atom. The monoisotopic (exact) mass is 283 g/mol. The highest BCUT2D eigenvalue weighted by Gasteiger charge is 2.13. The molecular weight excluding hydrogens is 266 g/mol. The third kappa shape index (κ3) is 2.32. The van der Waals surface area contributed by atoms with Gasteiger partial charge in [0.25, 0.3) is 0 Å². The van der Waals surface area contributed by atoms with Gasteiger partial charge in [-0.05, 0) is 37.6 Å². The van der Waals surface area contributed by atoms with Crippen LogP contribution in [0.15, 0.2) is 29.7 Å². The van der Waals surface area contributed by atoms with E-state index in [1.165, 1.54) is 22.1 Å². The molecule has 0 amide bonds. The Morgan fingerprint density at radius 1 is 1.45 bits per heavy atom. The molecule has 0 spiro atoms. The molecule has 0 unspecified atom stereocenters. The molecule has 0 saturated heterocycles. The predicted octanol–water partition coefficient (Wildman–Crippen LogP) is 3.73. The van der Waals surface area contributed by atoms with Gasteiger partial charge in [-0.2, -0.15) is 0 Å². The summed E-state index contributed by atoms with van der Waals surface area (Å²) in [7, 11) is 0. The van der Waals surface area contributed by atoms with Gasteiger partial charge < -0.3 is 10.7 Å². The Bertz CT molecular complexity index is 710. The Labute approximate surface area is 122 Å². The van der Waals surface area contributed by atoms with Crippen LogP contribution < -0.4 is 5.32 Å². The summed E-state index contributed by atoms with van der Waals surface area (Å²) in [6, 6.07) is 4.11. The minimum Gasteiger partial charge on any atom is -0.313 e. The van der Waals surface area contributed by atoms with Crippen molar-refractivity contribution < 1.29 is 0 Å². The first-order valence-corrected chi connectivity index (χ1v) is 7.67. The SMILES string of the molecule is C/C=C(\C=N)c1ccc2scc(C3=CCNCC3)c2n1. The van der Waals surface area contributed by atoms with Gasteiger partial charge in [0.1, 0.15) is 0 Å². The van der Waals surface area contributed by atoms with Gasteiger partial charge in [0.05, 0.1) is 15.9 Å². The summed E-state index contributed by atoms with van der Waals surface area (Å²) in [5.41, 5.74) is 5.46. The van der Waals surface area contributed by atoms with Crippen LogP contribution in [-0.2, 0) is 0 Å². The van der Waals surface area contributed by atoms with Crippen molar-refractivity contribution in [1.29, 1.82) is 5.41 Å². The molecule has 1 aliphatic rings. The molecule has 2 N–H and O–H groups in total. The van der Waals surface area contributed by atoms with Crippen molar-refractivity contribution in [3.63, 3.8) is 0 Å². The summed E-state index contributed by atoms with van der Waals surface area (Å²) in [4.78, 5) is 4.78. The number of allylic oxidation sites excluding steroid dienone is 2. The lowest BCUT2D eigenvalue weighted by atomic mass is 10.0. The molecule has 3 nitrogen and oxygen atoms in total. The minimum atomic E-state index is 0.864. The number of aromatic nitrogens is 1. The van der Waals surface area contributed by atoms with Crippen LogP contribution in [-0.4, -0.2) is 24.3 Å².